The fraction of sp³-hybridized carbons (Fsp3) is 0.588. The summed E-state index contributed by atoms with van der Waals surface area (Å²) in [7, 11) is 0. The average molecular weight is 311 g/mol. The summed E-state index contributed by atoms with van der Waals surface area (Å²) in [5.74, 6) is 0. The van der Waals surface area contributed by atoms with E-state index in [1.54, 1.807) is 0 Å². The monoisotopic (exact) mass is 311 g/mol. The standard InChI is InChI=1S/C17H27O5/c1-2-18-8-9-19-10-11-20-12-13-21-14-15-22-16-17-6-4-3-5-7-17/h3-7H,1-2,8-16H2. The van der Waals surface area contributed by atoms with Crippen LogP contribution in [0.15, 0.2) is 30.3 Å². The van der Waals surface area contributed by atoms with Gasteiger partial charge in [-0.2, -0.15) is 0 Å². The Kier molecular flexibility index (Phi) is 12.9. The van der Waals surface area contributed by atoms with Crippen molar-refractivity contribution < 1.29 is 23.7 Å². The van der Waals surface area contributed by atoms with Gasteiger partial charge in [-0.15, -0.1) is 0 Å². The smallest absolute Gasteiger partial charge is 0.0718 e. The van der Waals surface area contributed by atoms with Crippen LogP contribution in [0.25, 0.3) is 0 Å². The zero-order valence-electron chi connectivity index (χ0n) is 13.2. The van der Waals surface area contributed by atoms with Gasteiger partial charge in [-0.3, -0.25) is 0 Å². The minimum absolute atomic E-state index is 0.478. The van der Waals surface area contributed by atoms with E-state index in [0.717, 1.165) is 0 Å². The minimum Gasteiger partial charge on any atom is -0.379 e. The molecule has 0 bridgehead atoms. The van der Waals surface area contributed by atoms with Crippen LogP contribution in [0.3, 0.4) is 0 Å². The van der Waals surface area contributed by atoms with Gasteiger partial charge in [0.2, 0.25) is 0 Å². The lowest BCUT2D eigenvalue weighted by molar-refractivity contribution is -0.0110. The minimum atomic E-state index is 0.478. The lowest BCUT2D eigenvalue weighted by Gasteiger charge is -2.07. The van der Waals surface area contributed by atoms with Crippen LogP contribution in [-0.4, -0.2) is 59.5 Å². The summed E-state index contributed by atoms with van der Waals surface area (Å²) in [6.07, 6.45) is 0. The molecule has 0 amide bonds. The van der Waals surface area contributed by atoms with Crippen molar-refractivity contribution in [2.75, 3.05) is 59.5 Å². The van der Waals surface area contributed by atoms with Gasteiger partial charge in [0.15, 0.2) is 0 Å². The molecule has 0 aliphatic carbocycles. The van der Waals surface area contributed by atoms with E-state index >= 15 is 0 Å². The van der Waals surface area contributed by atoms with Crippen LogP contribution in [0, 0.1) is 6.92 Å². The summed E-state index contributed by atoms with van der Waals surface area (Å²) in [6, 6.07) is 10.1. The molecule has 1 aromatic carbocycles. The maximum atomic E-state index is 5.51. The van der Waals surface area contributed by atoms with Crippen LogP contribution in [0.2, 0.25) is 0 Å². The van der Waals surface area contributed by atoms with E-state index in [1.807, 2.05) is 30.3 Å². The molecule has 125 valence electrons. The number of ether oxygens (including phenoxy) is 5. The zero-order valence-corrected chi connectivity index (χ0v) is 13.2. The van der Waals surface area contributed by atoms with Crippen molar-refractivity contribution in [1.29, 1.82) is 0 Å². The molecule has 5 nitrogen and oxygen atoms in total. The Bertz CT molecular complexity index is 331. The highest BCUT2D eigenvalue weighted by Gasteiger charge is 1.94. The Hall–Kier alpha value is -0.980. The van der Waals surface area contributed by atoms with Crippen LogP contribution in [0.5, 0.6) is 0 Å². The fourth-order valence-electron chi connectivity index (χ4n) is 1.64. The molecule has 22 heavy (non-hydrogen) atoms. The van der Waals surface area contributed by atoms with Crippen molar-refractivity contribution in [1.82, 2.24) is 0 Å². The van der Waals surface area contributed by atoms with E-state index < -0.39 is 0 Å². The van der Waals surface area contributed by atoms with Crippen LogP contribution >= 0.6 is 0 Å². The fourth-order valence-corrected chi connectivity index (χ4v) is 1.64. The van der Waals surface area contributed by atoms with E-state index in [4.69, 9.17) is 23.7 Å². The van der Waals surface area contributed by atoms with Gasteiger partial charge in [0, 0.05) is 6.61 Å². The molecule has 0 saturated carbocycles. The summed E-state index contributed by atoms with van der Waals surface area (Å²) < 4.78 is 26.6. The first-order chi connectivity index (χ1) is 10.9. The van der Waals surface area contributed by atoms with Gasteiger partial charge in [0.05, 0.1) is 59.5 Å². The second-order valence-corrected chi connectivity index (χ2v) is 4.49. The molecule has 1 aromatic rings. The third-order valence-corrected chi connectivity index (χ3v) is 2.74. The van der Waals surface area contributed by atoms with Crippen molar-refractivity contribution in [2.24, 2.45) is 0 Å². The molecule has 0 aromatic heterocycles. The Morgan fingerprint density at radius 2 is 1.05 bits per heavy atom. The van der Waals surface area contributed by atoms with Crippen molar-refractivity contribution in [3.8, 4) is 0 Å². The highest BCUT2D eigenvalue weighted by molar-refractivity contribution is 5.13. The Morgan fingerprint density at radius 3 is 1.55 bits per heavy atom. The van der Waals surface area contributed by atoms with Crippen LogP contribution < -0.4 is 0 Å². The maximum absolute atomic E-state index is 5.51. The van der Waals surface area contributed by atoms with Crippen molar-refractivity contribution in [3.63, 3.8) is 0 Å². The maximum Gasteiger partial charge on any atom is 0.0718 e. The molecule has 0 aliphatic heterocycles. The number of rotatable bonds is 15. The largest absolute Gasteiger partial charge is 0.379 e. The van der Waals surface area contributed by atoms with Crippen molar-refractivity contribution in [2.45, 2.75) is 6.61 Å². The van der Waals surface area contributed by atoms with Crippen LogP contribution in [-0.2, 0) is 30.3 Å². The molecule has 0 saturated heterocycles. The molecule has 0 atom stereocenters. The second-order valence-electron chi connectivity index (χ2n) is 4.49. The number of benzene rings is 1. The van der Waals surface area contributed by atoms with Gasteiger partial charge in [0.1, 0.15) is 0 Å². The SMILES string of the molecule is [CH2]COCCOCCOCCOCCOCc1ccccc1. The van der Waals surface area contributed by atoms with Crippen LogP contribution in [0.4, 0.5) is 0 Å². The number of hydrogen-bond acceptors (Lipinski definition) is 5. The lowest BCUT2D eigenvalue weighted by atomic mass is 10.2. The molecule has 0 spiro atoms. The molecular formula is C17H27O5. The predicted molar refractivity (Wildman–Crippen MR) is 84.7 cm³/mol. The molecular weight excluding hydrogens is 284 g/mol. The van der Waals surface area contributed by atoms with Gasteiger partial charge in [-0.05, 0) is 12.5 Å². The van der Waals surface area contributed by atoms with E-state index in [9.17, 15) is 0 Å². The molecule has 0 heterocycles. The Morgan fingerprint density at radius 1 is 0.591 bits per heavy atom. The molecule has 0 aliphatic rings. The van der Waals surface area contributed by atoms with Gasteiger partial charge >= 0.3 is 0 Å². The topological polar surface area (TPSA) is 46.2 Å². The quantitative estimate of drug-likeness (QED) is 0.464. The summed E-state index contributed by atoms with van der Waals surface area (Å²) >= 11 is 0. The molecule has 0 unspecified atom stereocenters. The molecule has 5 heteroatoms. The molecule has 0 fully saturated rings. The lowest BCUT2D eigenvalue weighted by Crippen LogP contribution is -2.13. The molecule has 1 rings (SSSR count). The first-order valence-corrected chi connectivity index (χ1v) is 7.65. The third kappa shape index (κ3) is 11.7. The third-order valence-electron chi connectivity index (χ3n) is 2.74. The predicted octanol–water partition coefficient (Wildman–Crippen LogP) is 2.10. The summed E-state index contributed by atoms with van der Waals surface area (Å²) in [5.41, 5.74) is 1.17. The second kappa shape index (κ2) is 14.9. The van der Waals surface area contributed by atoms with Crippen molar-refractivity contribution >= 4 is 0 Å². The van der Waals surface area contributed by atoms with E-state index in [-0.39, 0.29) is 0 Å². The summed E-state index contributed by atoms with van der Waals surface area (Å²) in [5, 5.41) is 0. The average Bonchev–Trinajstić information content (AvgIpc) is 2.56. The highest BCUT2D eigenvalue weighted by atomic mass is 16.6. The van der Waals surface area contributed by atoms with Crippen molar-refractivity contribution in [3.05, 3.63) is 42.8 Å². The summed E-state index contributed by atoms with van der Waals surface area (Å²) in [4.78, 5) is 0. The Balaban J connectivity index is 1.73. The normalized spacial score (nSPS) is 11.0. The number of hydrogen-bond donors (Lipinski definition) is 0. The van der Waals surface area contributed by atoms with E-state index in [2.05, 4.69) is 6.92 Å². The van der Waals surface area contributed by atoms with Gasteiger partial charge in [-0.25, -0.2) is 0 Å². The first-order valence-electron chi connectivity index (χ1n) is 7.65. The van der Waals surface area contributed by atoms with Gasteiger partial charge < -0.3 is 23.7 Å². The van der Waals surface area contributed by atoms with Gasteiger partial charge in [-0.1, -0.05) is 30.3 Å². The van der Waals surface area contributed by atoms with E-state index in [1.165, 1.54) is 5.56 Å². The first kappa shape index (κ1) is 19.1. The summed E-state index contributed by atoms with van der Waals surface area (Å²) in [6.45, 7) is 9.27. The van der Waals surface area contributed by atoms with Crippen LogP contribution in [0.1, 0.15) is 5.56 Å². The van der Waals surface area contributed by atoms with Gasteiger partial charge in [0.25, 0.3) is 0 Å². The Labute approximate surface area is 133 Å². The molecule has 1 radical (unpaired) electrons. The zero-order chi connectivity index (χ0) is 15.7. The molecule has 0 N–H and O–H groups in total. The highest BCUT2D eigenvalue weighted by Crippen LogP contribution is 1.99. The van der Waals surface area contributed by atoms with E-state index in [0.29, 0.717) is 66.1 Å².